The van der Waals surface area contributed by atoms with Crippen LogP contribution >= 0.6 is 0 Å². The van der Waals surface area contributed by atoms with Crippen LogP contribution in [0.2, 0.25) is 0 Å². The van der Waals surface area contributed by atoms with Crippen LogP contribution < -0.4 is 5.32 Å². The fourth-order valence-electron chi connectivity index (χ4n) is 3.41. The van der Waals surface area contributed by atoms with E-state index in [1.54, 1.807) is 42.5 Å². The summed E-state index contributed by atoms with van der Waals surface area (Å²) in [4.78, 5) is 12.9. The maximum atomic E-state index is 13.3. The molecule has 1 aliphatic rings. The molecular weight excluding hydrogens is 367 g/mol. The van der Waals surface area contributed by atoms with Gasteiger partial charge in [-0.1, -0.05) is 30.3 Å². The van der Waals surface area contributed by atoms with E-state index in [1.165, 1.54) is 16.4 Å². The molecule has 2 aromatic rings. The zero-order valence-electron chi connectivity index (χ0n) is 15.3. The number of halogens is 1. The number of amides is 1. The first kappa shape index (κ1) is 19.5. The summed E-state index contributed by atoms with van der Waals surface area (Å²) in [5.41, 5.74) is 0.756. The van der Waals surface area contributed by atoms with Crippen LogP contribution in [0.3, 0.4) is 0 Å². The fourth-order valence-corrected chi connectivity index (χ4v) is 4.92. The minimum Gasteiger partial charge on any atom is -0.354 e. The van der Waals surface area contributed by atoms with Crippen LogP contribution in [0.1, 0.15) is 25.3 Å². The lowest BCUT2D eigenvalue weighted by Gasteiger charge is -2.19. The molecule has 0 saturated carbocycles. The summed E-state index contributed by atoms with van der Waals surface area (Å²) in [5.74, 6) is -1.42. The van der Waals surface area contributed by atoms with Crippen molar-refractivity contribution in [2.45, 2.75) is 30.7 Å². The number of carbonyl (C=O) groups is 1. The molecule has 1 fully saturated rings. The Bertz CT molecular complexity index is 899. The van der Waals surface area contributed by atoms with Crippen molar-refractivity contribution < 1.29 is 17.6 Å². The number of sulfonamides is 1. The standard InChI is InChI=1S/C20H23FN2O3S/c1-14(2)22-20(24)19-13-23(27(25,26)17-6-4-3-5-7-17)12-18(19)15-8-10-16(21)11-9-15/h3-11,14,18-19H,12-13H2,1-2H3,(H,22,24). The van der Waals surface area contributed by atoms with Crippen LogP contribution in [0, 0.1) is 11.7 Å². The van der Waals surface area contributed by atoms with Crippen LogP contribution in [-0.4, -0.2) is 37.8 Å². The van der Waals surface area contributed by atoms with E-state index < -0.39 is 15.9 Å². The molecule has 1 heterocycles. The van der Waals surface area contributed by atoms with Gasteiger partial charge in [0.1, 0.15) is 5.82 Å². The molecule has 27 heavy (non-hydrogen) atoms. The molecule has 1 saturated heterocycles. The van der Waals surface area contributed by atoms with Crippen LogP contribution in [-0.2, 0) is 14.8 Å². The Kier molecular flexibility index (Phi) is 5.62. The Morgan fingerprint density at radius 3 is 2.30 bits per heavy atom. The molecule has 3 rings (SSSR count). The van der Waals surface area contributed by atoms with Crippen LogP contribution in [0.5, 0.6) is 0 Å². The molecule has 144 valence electrons. The third kappa shape index (κ3) is 4.20. The van der Waals surface area contributed by atoms with Crippen molar-refractivity contribution in [1.82, 2.24) is 9.62 Å². The Morgan fingerprint density at radius 1 is 1.07 bits per heavy atom. The van der Waals surface area contributed by atoms with Gasteiger partial charge in [-0.05, 0) is 43.7 Å². The van der Waals surface area contributed by atoms with Gasteiger partial charge in [0.05, 0.1) is 10.8 Å². The van der Waals surface area contributed by atoms with Gasteiger partial charge in [-0.2, -0.15) is 4.31 Å². The van der Waals surface area contributed by atoms with Crippen molar-refractivity contribution in [3.8, 4) is 0 Å². The average Bonchev–Trinajstić information content (AvgIpc) is 3.09. The third-order valence-corrected chi connectivity index (χ3v) is 6.58. The molecule has 7 heteroatoms. The van der Waals surface area contributed by atoms with Crippen LogP contribution in [0.15, 0.2) is 59.5 Å². The quantitative estimate of drug-likeness (QED) is 0.854. The third-order valence-electron chi connectivity index (χ3n) is 4.73. The topological polar surface area (TPSA) is 66.5 Å². The molecule has 2 unspecified atom stereocenters. The first-order valence-corrected chi connectivity index (χ1v) is 10.3. The van der Waals surface area contributed by atoms with E-state index in [0.717, 1.165) is 5.56 Å². The lowest BCUT2D eigenvalue weighted by molar-refractivity contribution is -0.125. The van der Waals surface area contributed by atoms with Crippen molar-refractivity contribution in [3.05, 3.63) is 66.0 Å². The zero-order valence-corrected chi connectivity index (χ0v) is 16.1. The highest BCUT2D eigenvalue weighted by atomic mass is 32.2. The van der Waals surface area contributed by atoms with Gasteiger partial charge in [-0.3, -0.25) is 4.79 Å². The largest absolute Gasteiger partial charge is 0.354 e. The normalized spacial score (nSPS) is 20.7. The monoisotopic (exact) mass is 390 g/mol. The van der Waals surface area contributed by atoms with Crippen molar-refractivity contribution in [3.63, 3.8) is 0 Å². The van der Waals surface area contributed by atoms with E-state index in [4.69, 9.17) is 0 Å². The number of carbonyl (C=O) groups excluding carboxylic acids is 1. The minimum atomic E-state index is -3.70. The predicted molar refractivity (Wildman–Crippen MR) is 101 cm³/mol. The van der Waals surface area contributed by atoms with Crippen molar-refractivity contribution in [2.24, 2.45) is 5.92 Å². The van der Waals surface area contributed by atoms with Gasteiger partial charge in [-0.15, -0.1) is 0 Å². The zero-order chi connectivity index (χ0) is 19.6. The first-order chi connectivity index (χ1) is 12.8. The minimum absolute atomic E-state index is 0.0499. The molecule has 0 aliphatic carbocycles. The molecule has 0 radical (unpaired) electrons. The van der Waals surface area contributed by atoms with Crippen molar-refractivity contribution in [2.75, 3.05) is 13.1 Å². The van der Waals surface area contributed by atoms with E-state index in [-0.39, 0.29) is 41.7 Å². The second-order valence-corrected chi connectivity index (χ2v) is 9.00. The second kappa shape index (κ2) is 7.78. The average molecular weight is 390 g/mol. The van der Waals surface area contributed by atoms with Gasteiger partial charge in [0, 0.05) is 25.0 Å². The highest BCUT2D eigenvalue weighted by Crippen LogP contribution is 2.36. The van der Waals surface area contributed by atoms with Crippen molar-refractivity contribution in [1.29, 1.82) is 0 Å². The molecule has 5 nitrogen and oxygen atoms in total. The number of nitrogens with zero attached hydrogens (tertiary/aromatic N) is 1. The summed E-state index contributed by atoms with van der Waals surface area (Å²) < 4.78 is 40.6. The van der Waals surface area contributed by atoms with Gasteiger partial charge < -0.3 is 5.32 Å². The van der Waals surface area contributed by atoms with Crippen molar-refractivity contribution >= 4 is 15.9 Å². The molecule has 2 atom stereocenters. The highest BCUT2D eigenvalue weighted by Gasteiger charge is 2.43. The van der Waals surface area contributed by atoms with Gasteiger partial charge in [0.2, 0.25) is 15.9 Å². The first-order valence-electron chi connectivity index (χ1n) is 8.90. The maximum Gasteiger partial charge on any atom is 0.243 e. The summed E-state index contributed by atoms with van der Waals surface area (Å²) in [6.07, 6.45) is 0. The lowest BCUT2D eigenvalue weighted by Crippen LogP contribution is -2.39. The summed E-state index contributed by atoms with van der Waals surface area (Å²) in [6.45, 7) is 3.99. The Morgan fingerprint density at radius 2 is 1.70 bits per heavy atom. The predicted octanol–water partition coefficient (Wildman–Crippen LogP) is 2.75. The van der Waals surface area contributed by atoms with E-state index in [9.17, 15) is 17.6 Å². The number of hydrogen-bond acceptors (Lipinski definition) is 3. The molecule has 1 aliphatic heterocycles. The molecular formula is C20H23FN2O3S. The molecule has 0 spiro atoms. The van der Waals surface area contributed by atoms with Crippen LogP contribution in [0.25, 0.3) is 0 Å². The maximum absolute atomic E-state index is 13.3. The highest BCUT2D eigenvalue weighted by molar-refractivity contribution is 7.89. The summed E-state index contributed by atoms with van der Waals surface area (Å²) in [6, 6.07) is 14.0. The van der Waals surface area contributed by atoms with E-state index in [1.807, 2.05) is 13.8 Å². The fraction of sp³-hybridized carbons (Fsp3) is 0.350. The van der Waals surface area contributed by atoms with Gasteiger partial charge in [0.25, 0.3) is 0 Å². The Balaban J connectivity index is 1.93. The molecule has 0 bridgehead atoms. The molecule has 1 N–H and O–H groups in total. The lowest BCUT2D eigenvalue weighted by atomic mass is 9.88. The second-order valence-electron chi connectivity index (χ2n) is 7.06. The summed E-state index contributed by atoms with van der Waals surface area (Å²) in [5, 5.41) is 2.87. The molecule has 1 amide bonds. The SMILES string of the molecule is CC(C)NC(=O)C1CN(S(=O)(=O)c2ccccc2)CC1c1ccc(F)cc1. The summed E-state index contributed by atoms with van der Waals surface area (Å²) in [7, 11) is -3.70. The number of benzene rings is 2. The van der Waals surface area contributed by atoms with Gasteiger partial charge >= 0.3 is 0 Å². The molecule has 2 aromatic carbocycles. The van der Waals surface area contributed by atoms with Gasteiger partial charge in [-0.25, -0.2) is 12.8 Å². The Labute approximate surface area is 159 Å². The molecule has 0 aromatic heterocycles. The van der Waals surface area contributed by atoms with Gasteiger partial charge in [0.15, 0.2) is 0 Å². The van der Waals surface area contributed by atoms with E-state index in [0.29, 0.717) is 0 Å². The van der Waals surface area contributed by atoms with Crippen LogP contribution in [0.4, 0.5) is 4.39 Å². The van der Waals surface area contributed by atoms with E-state index in [2.05, 4.69) is 5.32 Å². The Hall–Kier alpha value is -2.25. The number of rotatable bonds is 5. The number of nitrogens with one attached hydrogen (secondary N) is 1. The van der Waals surface area contributed by atoms with E-state index >= 15 is 0 Å². The smallest absolute Gasteiger partial charge is 0.243 e. The summed E-state index contributed by atoms with van der Waals surface area (Å²) >= 11 is 0. The number of hydrogen-bond donors (Lipinski definition) is 1.